The van der Waals surface area contributed by atoms with Crippen LogP contribution >= 0.6 is 0 Å². The van der Waals surface area contributed by atoms with Gasteiger partial charge in [0.15, 0.2) is 11.6 Å². The largest absolute Gasteiger partial charge is 0.497 e. The first kappa shape index (κ1) is 15.4. The zero-order valence-electron chi connectivity index (χ0n) is 12.2. The average molecular weight is 291 g/mol. The fraction of sp³-hybridized carbons (Fsp3) is 0.294. The summed E-state index contributed by atoms with van der Waals surface area (Å²) in [6.07, 6.45) is 0.955. The number of halogens is 2. The normalized spacial score (nSPS) is 12.2. The van der Waals surface area contributed by atoms with Gasteiger partial charge in [0.1, 0.15) is 5.75 Å². The minimum atomic E-state index is -0.831. The first-order valence-electron chi connectivity index (χ1n) is 6.98. The van der Waals surface area contributed by atoms with Gasteiger partial charge in [0.05, 0.1) is 13.2 Å². The second-order valence-electron chi connectivity index (χ2n) is 4.83. The summed E-state index contributed by atoms with van der Waals surface area (Å²) in [6, 6.07) is 11.4. The number of hydrogen-bond donors (Lipinski definition) is 1. The molecule has 1 N–H and O–H groups in total. The van der Waals surface area contributed by atoms with Gasteiger partial charge in [0.25, 0.3) is 0 Å². The third kappa shape index (κ3) is 3.79. The van der Waals surface area contributed by atoms with Gasteiger partial charge < -0.3 is 10.1 Å². The van der Waals surface area contributed by atoms with Crippen LogP contribution in [0, 0.1) is 11.6 Å². The van der Waals surface area contributed by atoms with E-state index in [1.54, 1.807) is 13.2 Å². The Kier molecular flexibility index (Phi) is 5.28. The Morgan fingerprint density at radius 1 is 1.00 bits per heavy atom. The molecule has 0 saturated heterocycles. The monoisotopic (exact) mass is 291 g/mol. The molecule has 2 nitrogen and oxygen atoms in total. The molecule has 0 amide bonds. The fourth-order valence-corrected chi connectivity index (χ4v) is 2.21. The van der Waals surface area contributed by atoms with Gasteiger partial charge in [-0.2, -0.15) is 0 Å². The zero-order chi connectivity index (χ0) is 15.2. The molecule has 0 fully saturated rings. The van der Waals surface area contributed by atoms with E-state index in [1.165, 1.54) is 6.07 Å². The van der Waals surface area contributed by atoms with E-state index in [2.05, 4.69) is 12.2 Å². The number of rotatable bonds is 6. The van der Waals surface area contributed by atoms with Crippen molar-refractivity contribution in [2.45, 2.75) is 19.4 Å². The molecule has 0 radical (unpaired) electrons. The van der Waals surface area contributed by atoms with Crippen molar-refractivity contribution in [2.24, 2.45) is 0 Å². The lowest BCUT2D eigenvalue weighted by Gasteiger charge is -2.20. The van der Waals surface area contributed by atoms with E-state index in [0.717, 1.165) is 30.3 Å². The predicted molar refractivity (Wildman–Crippen MR) is 79.5 cm³/mol. The quantitative estimate of drug-likeness (QED) is 0.866. The third-order valence-corrected chi connectivity index (χ3v) is 3.32. The summed E-state index contributed by atoms with van der Waals surface area (Å²) in [5.41, 5.74) is 1.68. The molecule has 0 aliphatic carbocycles. The summed E-state index contributed by atoms with van der Waals surface area (Å²) in [6.45, 7) is 2.85. The summed E-state index contributed by atoms with van der Waals surface area (Å²) in [7, 11) is 1.61. The van der Waals surface area contributed by atoms with Crippen molar-refractivity contribution in [3.05, 3.63) is 65.2 Å². The highest BCUT2D eigenvalue weighted by atomic mass is 19.2. The lowest BCUT2D eigenvalue weighted by Crippen LogP contribution is -2.23. The molecule has 0 spiro atoms. The molecular weight excluding hydrogens is 272 g/mol. The Balaban J connectivity index is 2.33. The third-order valence-electron chi connectivity index (χ3n) is 3.32. The summed E-state index contributed by atoms with van der Waals surface area (Å²) in [5, 5.41) is 3.36. The van der Waals surface area contributed by atoms with Crippen LogP contribution in [-0.2, 0) is 0 Å². The van der Waals surface area contributed by atoms with Crippen LogP contribution in [0.25, 0.3) is 0 Å². The topological polar surface area (TPSA) is 21.3 Å². The molecule has 112 valence electrons. The first-order chi connectivity index (χ1) is 10.2. The molecule has 21 heavy (non-hydrogen) atoms. The summed E-state index contributed by atoms with van der Waals surface area (Å²) < 4.78 is 31.7. The second kappa shape index (κ2) is 7.18. The van der Waals surface area contributed by atoms with E-state index in [1.807, 2.05) is 24.3 Å². The summed E-state index contributed by atoms with van der Waals surface area (Å²) >= 11 is 0. The molecule has 0 aliphatic heterocycles. The maximum Gasteiger partial charge on any atom is 0.159 e. The van der Waals surface area contributed by atoms with Crippen LogP contribution in [0.3, 0.4) is 0 Å². The Hall–Kier alpha value is -1.94. The number of ether oxygens (including phenoxy) is 1. The highest BCUT2D eigenvalue weighted by Crippen LogP contribution is 2.25. The molecule has 2 rings (SSSR count). The van der Waals surface area contributed by atoms with Crippen molar-refractivity contribution < 1.29 is 13.5 Å². The number of nitrogens with one attached hydrogen (secondary N) is 1. The minimum absolute atomic E-state index is 0.175. The van der Waals surface area contributed by atoms with Gasteiger partial charge in [-0.25, -0.2) is 8.78 Å². The molecule has 0 heterocycles. The zero-order valence-corrected chi connectivity index (χ0v) is 12.2. The van der Waals surface area contributed by atoms with E-state index in [0.29, 0.717) is 5.56 Å². The lowest BCUT2D eigenvalue weighted by atomic mass is 9.98. The Morgan fingerprint density at radius 2 is 1.67 bits per heavy atom. The molecule has 0 aliphatic rings. The van der Waals surface area contributed by atoms with Gasteiger partial charge in [-0.05, 0) is 48.4 Å². The van der Waals surface area contributed by atoms with Gasteiger partial charge in [0.2, 0.25) is 0 Å². The Bertz CT molecular complexity index is 584. The van der Waals surface area contributed by atoms with Crippen molar-refractivity contribution in [3.63, 3.8) is 0 Å². The fourth-order valence-electron chi connectivity index (χ4n) is 2.21. The molecule has 0 bridgehead atoms. The summed E-state index contributed by atoms with van der Waals surface area (Å²) in [4.78, 5) is 0. The van der Waals surface area contributed by atoms with Crippen LogP contribution in [0.4, 0.5) is 8.78 Å². The number of methoxy groups -OCH3 is 1. The van der Waals surface area contributed by atoms with Gasteiger partial charge in [0, 0.05) is 0 Å². The van der Waals surface area contributed by atoms with Gasteiger partial charge in [-0.3, -0.25) is 0 Å². The second-order valence-corrected chi connectivity index (χ2v) is 4.83. The minimum Gasteiger partial charge on any atom is -0.497 e. The molecule has 0 aromatic heterocycles. The van der Waals surface area contributed by atoms with E-state index in [4.69, 9.17) is 4.74 Å². The lowest BCUT2D eigenvalue weighted by molar-refractivity contribution is 0.414. The van der Waals surface area contributed by atoms with Gasteiger partial charge >= 0.3 is 0 Å². The van der Waals surface area contributed by atoms with Gasteiger partial charge in [-0.15, -0.1) is 0 Å². The summed E-state index contributed by atoms with van der Waals surface area (Å²) in [5.74, 6) is -0.898. The van der Waals surface area contributed by atoms with Crippen LogP contribution < -0.4 is 10.1 Å². The van der Waals surface area contributed by atoms with Crippen LogP contribution in [0.2, 0.25) is 0 Å². The standard InChI is InChI=1S/C17H19F2NO/c1-3-10-20-17(12-4-7-14(21-2)8-5-12)13-6-9-15(18)16(19)11-13/h4-9,11,17,20H,3,10H2,1-2H3. The maximum absolute atomic E-state index is 13.5. The average Bonchev–Trinajstić information content (AvgIpc) is 2.51. The maximum atomic E-state index is 13.5. The van der Waals surface area contributed by atoms with Gasteiger partial charge in [-0.1, -0.05) is 25.1 Å². The van der Waals surface area contributed by atoms with E-state index >= 15 is 0 Å². The van der Waals surface area contributed by atoms with Crippen molar-refractivity contribution in [1.29, 1.82) is 0 Å². The molecule has 2 aromatic rings. The highest BCUT2D eigenvalue weighted by Gasteiger charge is 2.15. The molecule has 1 unspecified atom stereocenters. The van der Waals surface area contributed by atoms with Crippen LogP contribution in [0.1, 0.15) is 30.5 Å². The van der Waals surface area contributed by atoms with E-state index in [9.17, 15) is 8.78 Å². The van der Waals surface area contributed by atoms with Crippen LogP contribution in [-0.4, -0.2) is 13.7 Å². The van der Waals surface area contributed by atoms with E-state index < -0.39 is 11.6 Å². The molecular formula is C17H19F2NO. The van der Waals surface area contributed by atoms with Crippen molar-refractivity contribution in [2.75, 3.05) is 13.7 Å². The number of hydrogen-bond acceptors (Lipinski definition) is 2. The van der Waals surface area contributed by atoms with Crippen molar-refractivity contribution in [3.8, 4) is 5.75 Å². The van der Waals surface area contributed by atoms with E-state index in [-0.39, 0.29) is 6.04 Å². The molecule has 0 saturated carbocycles. The highest BCUT2D eigenvalue weighted by molar-refractivity contribution is 5.35. The number of benzene rings is 2. The van der Waals surface area contributed by atoms with Crippen LogP contribution in [0.5, 0.6) is 5.75 Å². The predicted octanol–water partition coefficient (Wildman–Crippen LogP) is 4.06. The SMILES string of the molecule is CCCNC(c1ccc(OC)cc1)c1ccc(F)c(F)c1. The molecule has 1 atom stereocenters. The van der Waals surface area contributed by atoms with Crippen LogP contribution in [0.15, 0.2) is 42.5 Å². The first-order valence-corrected chi connectivity index (χ1v) is 6.98. The molecule has 4 heteroatoms. The van der Waals surface area contributed by atoms with Crippen molar-refractivity contribution in [1.82, 2.24) is 5.32 Å². The molecule has 2 aromatic carbocycles. The van der Waals surface area contributed by atoms with Crippen molar-refractivity contribution >= 4 is 0 Å². The Morgan fingerprint density at radius 3 is 2.24 bits per heavy atom. The Labute approximate surface area is 123 Å². The smallest absolute Gasteiger partial charge is 0.159 e.